The number of carbonyl (C=O) groups is 2. The summed E-state index contributed by atoms with van der Waals surface area (Å²) in [5.74, 6) is 1.33. The van der Waals surface area contributed by atoms with Gasteiger partial charge in [0.05, 0.1) is 11.2 Å². The van der Waals surface area contributed by atoms with Gasteiger partial charge in [0.15, 0.2) is 0 Å². The topological polar surface area (TPSA) is 102 Å². The summed E-state index contributed by atoms with van der Waals surface area (Å²) in [4.78, 5) is 32.1. The Labute approximate surface area is 196 Å². The molecule has 0 saturated heterocycles. The zero-order valence-corrected chi connectivity index (χ0v) is 20.9. The Morgan fingerprint density at radius 3 is 2.36 bits per heavy atom. The molecular weight excluding hydrogens is 420 g/mol. The third-order valence-electron chi connectivity index (χ3n) is 4.65. The molecule has 8 heteroatoms. The summed E-state index contributed by atoms with van der Waals surface area (Å²) in [5, 5.41) is 5.66. The zero-order valence-electron chi connectivity index (χ0n) is 20.9. The molecule has 2 aromatic rings. The maximum absolute atomic E-state index is 12.4. The summed E-state index contributed by atoms with van der Waals surface area (Å²) in [7, 11) is 0. The van der Waals surface area contributed by atoms with Crippen LogP contribution in [0.5, 0.6) is 5.75 Å². The number of amides is 2. The summed E-state index contributed by atoms with van der Waals surface area (Å²) < 4.78 is 11.6. The quantitative estimate of drug-likeness (QED) is 0.572. The third-order valence-corrected chi connectivity index (χ3v) is 4.65. The highest BCUT2D eigenvalue weighted by Crippen LogP contribution is 2.27. The molecule has 0 radical (unpaired) electrons. The first-order valence-corrected chi connectivity index (χ1v) is 11.1. The highest BCUT2D eigenvalue weighted by Gasteiger charge is 2.31. The number of carbonyl (C=O) groups excluding carboxylic acids is 2. The van der Waals surface area contributed by atoms with Crippen LogP contribution in [0, 0.1) is 12.8 Å². The molecule has 8 nitrogen and oxygen atoms in total. The number of aryl methyl sites for hydroxylation is 1. The minimum absolute atomic E-state index is 0.191. The van der Waals surface area contributed by atoms with Crippen LogP contribution in [0.1, 0.15) is 60.5 Å². The van der Waals surface area contributed by atoms with Gasteiger partial charge >= 0.3 is 6.09 Å². The van der Waals surface area contributed by atoms with Gasteiger partial charge in [-0.05, 0) is 70.7 Å². The van der Waals surface area contributed by atoms with Crippen LogP contribution in [0.4, 0.5) is 10.6 Å². The first-order chi connectivity index (χ1) is 15.3. The Balaban J connectivity index is 2.15. The second kappa shape index (κ2) is 10.6. The van der Waals surface area contributed by atoms with Gasteiger partial charge in [0.2, 0.25) is 5.91 Å². The van der Waals surface area contributed by atoms with E-state index < -0.39 is 17.2 Å². The fourth-order valence-electron chi connectivity index (χ4n) is 3.57. The largest absolute Gasteiger partial charge is 0.491 e. The van der Waals surface area contributed by atoms with Crippen LogP contribution >= 0.6 is 0 Å². The van der Waals surface area contributed by atoms with E-state index in [1.54, 1.807) is 6.07 Å². The lowest BCUT2D eigenvalue weighted by Crippen LogP contribution is -2.52. The predicted molar refractivity (Wildman–Crippen MR) is 129 cm³/mol. The molecule has 1 unspecified atom stereocenters. The lowest BCUT2D eigenvalue weighted by molar-refractivity contribution is -0.114. The Bertz CT molecular complexity index is 985. The minimum atomic E-state index is -0.596. The third kappa shape index (κ3) is 8.71. The predicted octanol–water partition coefficient (Wildman–Crippen LogP) is 5.12. The Morgan fingerprint density at radius 1 is 1.09 bits per heavy atom. The van der Waals surface area contributed by atoms with E-state index in [4.69, 9.17) is 9.47 Å². The molecule has 1 atom stereocenters. The summed E-state index contributed by atoms with van der Waals surface area (Å²) in [6.45, 7) is 15.4. The molecule has 33 heavy (non-hydrogen) atoms. The number of alkyl carbamates (subject to hydrolysis) is 1. The maximum Gasteiger partial charge on any atom is 0.408 e. The van der Waals surface area contributed by atoms with E-state index in [0.717, 1.165) is 23.3 Å². The van der Waals surface area contributed by atoms with Crippen molar-refractivity contribution in [3.8, 4) is 17.0 Å². The average Bonchev–Trinajstić information content (AvgIpc) is 2.64. The van der Waals surface area contributed by atoms with Gasteiger partial charge in [-0.25, -0.2) is 14.8 Å². The molecule has 180 valence electrons. The van der Waals surface area contributed by atoms with Gasteiger partial charge in [-0.1, -0.05) is 13.8 Å². The number of aromatic nitrogens is 2. The van der Waals surface area contributed by atoms with Crippen molar-refractivity contribution >= 4 is 17.8 Å². The van der Waals surface area contributed by atoms with E-state index in [-0.39, 0.29) is 5.91 Å². The highest BCUT2D eigenvalue weighted by molar-refractivity contribution is 5.88. The maximum atomic E-state index is 12.4. The molecule has 0 saturated carbocycles. The van der Waals surface area contributed by atoms with Crippen molar-refractivity contribution in [2.24, 2.45) is 5.92 Å². The first kappa shape index (κ1) is 26.1. The molecular formula is C25H36N4O4. The lowest BCUT2D eigenvalue weighted by atomic mass is 9.91. The fourth-order valence-corrected chi connectivity index (χ4v) is 3.57. The Hall–Kier alpha value is -3.16. The molecule has 0 bridgehead atoms. The number of hydrogen-bond acceptors (Lipinski definition) is 6. The standard InChI is InChI=1S/C25H36N4O4/c1-16(2)13-25(8,29-23(31)33-24(5,6)7)14-32-21-10-9-19(11-17(21)3)20-12-22(27-15-26-20)28-18(4)30/h9-12,15-16H,13-14H2,1-8H3,(H,29,31)(H,26,27,28,30). The fraction of sp³-hybridized carbons (Fsp3) is 0.520. The van der Waals surface area contributed by atoms with Crippen LogP contribution in [0.2, 0.25) is 0 Å². The van der Waals surface area contributed by atoms with Gasteiger partial charge in [0, 0.05) is 18.6 Å². The Morgan fingerprint density at radius 2 is 1.79 bits per heavy atom. The second-order valence-corrected chi connectivity index (χ2v) is 10.0. The number of ether oxygens (including phenoxy) is 2. The van der Waals surface area contributed by atoms with Crippen LogP contribution in [-0.4, -0.2) is 39.7 Å². The molecule has 0 fully saturated rings. The number of nitrogens with one attached hydrogen (secondary N) is 2. The van der Waals surface area contributed by atoms with Crippen LogP contribution in [0.3, 0.4) is 0 Å². The van der Waals surface area contributed by atoms with Crippen LogP contribution in [0.25, 0.3) is 11.3 Å². The molecule has 2 amide bonds. The van der Waals surface area contributed by atoms with Crippen LogP contribution < -0.4 is 15.4 Å². The Kier molecular flexibility index (Phi) is 8.41. The normalized spacial score (nSPS) is 13.2. The van der Waals surface area contributed by atoms with E-state index in [2.05, 4.69) is 34.4 Å². The number of benzene rings is 1. The van der Waals surface area contributed by atoms with Gasteiger partial charge in [-0.15, -0.1) is 0 Å². The SMILES string of the molecule is CC(=O)Nc1cc(-c2ccc(OCC(C)(CC(C)C)NC(=O)OC(C)(C)C)c(C)c2)ncn1. The summed E-state index contributed by atoms with van der Waals surface area (Å²) in [6.07, 6.45) is 1.69. The molecule has 0 aliphatic carbocycles. The van der Waals surface area contributed by atoms with Gasteiger partial charge in [-0.3, -0.25) is 4.79 Å². The van der Waals surface area contributed by atoms with E-state index in [1.807, 2.05) is 52.8 Å². The molecule has 0 aliphatic rings. The van der Waals surface area contributed by atoms with E-state index in [9.17, 15) is 9.59 Å². The summed E-state index contributed by atoms with van der Waals surface area (Å²) >= 11 is 0. The average molecular weight is 457 g/mol. The summed E-state index contributed by atoms with van der Waals surface area (Å²) in [6, 6.07) is 7.48. The van der Waals surface area contributed by atoms with Gasteiger partial charge < -0.3 is 20.1 Å². The van der Waals surface area contributed by atoms with Gasteiger partial charge in [0.25, 0.3) is 0 Å². The van der Waals surface area contributed by atoms with E-state index in [1.165, 1.54) is 13.3 Å². The van der Waals surface area contributed by atoms with Crippen LogP contribution in [0.15, 0.2) is 30.6 Å². The number of nitrogens with zero attached hydrogens (tertiary/aromatic N) is 2. The van der Waals surface area contributed by atoms with Crippen LogP contribution in [-0.2, 0) is 9.53 Å². The minimum Gasteiger partial charge on any atom is -0.491 e. The molecule has 1 aromatic carbocycles. The number of hydrogen-bond donors (Lipinski definition) is 2. The second-order valence-electron chi connectivity index (χ2n) is 10.0. The molecule has 0 spiro atoms. The van der Waals surface area contributed by atoms with Crippen molar-refractivity contribution in [1.82, 2.24) is 15.3 Å². The summed E-state index contributed by atoms with van der Waals surface area (Å²) in [5.41, 5.74) is 1.33. The monoisotopic (exact) mass is 456 g/mol. The van der Waals surface area contributed by atoms with Crippen molar-refractivity contribution in [3.05, 3.63) is 36.2 Å². The zero-order chi connectivity index (χ0) is 24.8. The van der Waals surface area contributed by atoms with Crippen molar-refractivity contribution in [2.75, 3.05) is 11.9 Å². The highest BCUT2D eigenvalue weighted by atomic mass is 16.6. The van der Waals surface area contributed by atoms with Crippen molar-refractivity contribution in [1.29, 1.82) is 0 Å². The molecule has 2 rings (SSSR count). The number of anilines is 1. The van der Waals surface area contributed by atoms with Gasteiger partial charge in [-0.2, -0.15) is 0 Å². The smallest absolute Gasteiger partial charge is 0.408 e. The molecule has 2 N–H and O–H groups in total. The van der Waals surface area contributed by atoms with E-state index in [0.29, 0.717) is 24.0 Å². The first-order valence-electron chi connectivity index (χ1n) is 11.1. The number of rotatable bonds is 8. The van der Waals surface area contributed by atoms with Crippen molar-refractivity contribution in [3.63, 3.8) is 0 Å². The van der Waals surface area contributed by atoms with Crippen molar-refractivity contribution < 1.29 is 19.1 Å². The van der Waals surface area contributed by atoms with Gasteiger partial charge in [0.1, 0.15) is 30.1 Å². The van der Waals surface area contributed by atoms with Crippen molar-refractivity contribution in [2.45, 2.75) is 73.0 Å². The molecule has 1 aromatic heterocycles. The molecule has 0 aliphatic heterocycles. The molecule has 1 heterocycles. The lowest BCUT2D eigenvalue weighted by Gasteiger charge is -2.33. The van der Waals surface area contributed by atoms with E-state index >= 15 is 0 Å².